The molecule has 0 saturated heterocycles. The number of hydrogen-bond acceptors (Lipinski definition) is 6. The summed E-state index contributed by atoms with van der Waals surface area (Å²) >= 11 is 0. The molecule has 0 bridgehead atoms. The molecule has 0 fully saturated rings. The van der Waals surface area contributed by atoms with Crippen LogP contribution in [0.4, 0.5) is 23.0 Å². The van der Waals surface area contributed by atoms with Gasteiger partial charge in [0, 0.05) is 13.1 Å². The molecule has 0 spiro atoms. The highest BCUT2D eigenvalue weighted by molar-refractivity contribution is 5.71. The Labute approximate surface area is 115 Å². The van der Waals surface area contributed by atoms with Gasteiger partial charge in [-0.1, -0.05) is 12.1 Å². The zero-order valence-corrected chi connectivity index (χ0v) is 10.6. The van der Waals surface area contributed by atoms with Crippen molar-refractivity contribution >= 4 is 23.0 Å². The summed E-state index contributed by atoms with van der Waals surface area (Å²) in [5, 5.41) is 25.7. The summed E-state index contributed by atoms with van der Waals surface area (Å²) in [6, 6.07) is 11.6. The average molecular weight is 269 g/mol. The van der Waals surface area contributed by atoms with Crippen LogP contribution < -0.4 is 10.6 Å². The number of hydrogen-bond donors (Lipinski definition) is 2. The van der Waals surface area contributed by atoms with E-state index >= 15 is 0 Å². The van der Waals surface area contributed by atoms with E-state index in [0.717, 1.165) is 0 Å². The third-order valence-corrected chi connectivity index (χ3v) is 2.63. The highest BCUT2D eigenvalue weighted by atomic mass is 16.6. The van der Waals surface area contributed by atoms with Crippen molar-refractivity contribution in [1.82, 2.24) is 4.98 Å². The molecule has 2 N–H and O–H groups in total. The summed E-state index contributed by atoms with van der Waals surface area (Å²) < 4.78 is 0. The molecule has 0 atom stereocenters. The minimum atomic E-state index is -0.524. The molecule has 0 radical (unpaired) electrons. The SMILES string of the molecule is CNc1ccc([N+](=O)[O-])c(Nc2ccccc2C#N)n1. The molecule has 1 heterocycles. The predicted molar refractivity (Wildman–Crippen MR) is 74.9 cm³/mol. The molecule has 1 aromatic heterocycles. The van der Waals surface area contributed by atoms with Gasteiger partial charge in [0.2, 0.25) is 5.82 Å². The number of para-hydroxylation sites is 1. The Morgan fingerprint density at radius 1 is 1.30 bits per heavy atom. The lowest BCUT2D eigenvalue weighted by Gasteiger charge is -2.09. The predicted octanol–water partition coefficient (Wildman–Crippen LogP) is 2.65. The van der Waals surface area contributed by atoms with Gasteiger partial charge in [0.15, 0.2) is 0 Å². The van der Waals surface area contributed by atoms with Crippen LogP contribution in [0.15, 0.2) is 36.4 Å². The van der Waals surface area contributed by atoms with Crippen LogP contribution in [0.25, 0.3) is 0 Å². The summed E-state index contributed by atoms with van der Waals surface area (Å²) in [7, 11) is 1.67. The lowest BCUT2D eigenvalue weighted by Crippen LogP contribution is -2.03. The highest BCUT2D eigenvalue weighted by Crippen LogP contribution is 2.28. The molecule has 7 heteroatoms. The molecule has 1 aromatic carbocycles. The zero-order chi connectivity index (χ0) is 14.5. The van der Waals surface area contributed by atoms with Crippen LogP contribution >= 0.6 is 0 Å². The summed E-state index contributed by atoms with van der Waals surface area (Å²) in [5.74, 6) is 0.581. The van der Waals surface area contributed by atoms with Crippen molar-refractivity contribution in [2.24, 2.45) is 0 Å². The van der Waals surface area contributed by atoms with Crippen molar-refractivity contribution in [3.05, 3.63) is 52.1 Å². The molecule has 2 aromatic rings. The average Bonchev–Trinajstić information content (AvgIpc) is 2.47. The Morgan fingerprint density at radius 2 is 2.05 bits per heavy atom. The van der Waals surface area contributed by atoms with Gasteiger partial charge in [-0.25, -0.2) is 4.98 Å². The molecule has 7 nitrogen and oxygen atoms in total. The number of nitrogens with one attached hydrogen (secondary N) is 2. The van der Waals surface area contributed by atoms with Gasteiger partial charge in [-0.2, -0.15) is 5.26 Å². The summed E-state index contributed by atoms with van der Waals surface area (Å²) in [6.07, 6.45) is 0. The van der Waals surface area contributed by atoms with Gasteiger partial charge in [-0.3, -0.25) is 10.1 Å². The first-order chi connectivity index (χ1) is 9.65. The molecule has 0 aliphatic heterocycles. The van der Waals surface area contributed by atoms with Crippen LogP contribution in [0.5, 0.6) is 0 Å². The smallest absolute Gasteiger partial charge is 0.311 e. The monoisotopic (exact) mass is 269 g/mol. The maximum Gasteiger partial charge on any atom is 0.311 e. The first kappa shape index (κ1) is 13.3. The Hall–Kier alpha value is -3.14. The third kappa shape index (κ3) is 2.64. The number of nitriles is 1. The topological polar surface area (TPSA) is 104 Å². The number of pyridine rings is 1. The first-order valence-corrected chi connectivity index (χ1v) is 5.75. The van der Waals surface area contributed by atoms with Crippen molar-refractivity contribution in [2.45, 2.75) is 0 Å². The molecule has 0 aliphatic rings. The van der Waals surface area contributed by atoms with Gasteiger partial charge in [0.05, 0.1) is 16.2 Å². The van der Waals surface area contributed by atoms with E-state index < -0.39 is 4.92 Å². The quantitative estimate of drug-likeness (QED) is 0.653. The van der Waals surface area contributed by atoms with Gasteiger partial charge in [-0.15, -0.1) is 0 Å². The Bertz CT molecular complexity index is 693. The lowest BCUT2D eigenvalue weighted by molar-refractivity contribution is -0.384. The van der Waals surface area contributed by atoms with Crippen LogP contribution in [-0.2, 0) is 0 Å². The van der Waals surface area contributed by atoms with E-state index in [4.69, 9.17) is 5.26 Å². The third-order valence-electron chi connectivity index (χ3n) is 2.63. The minimum Gasteiger partial charge on any atom is -0.373 e. The molecule has 0 amide bonds. The van der Waals surface area contributed by atoms with E-state index in [1.54, 1.807) is 31.3 Å². The number of nitro groups is 1. The van der Waals surface area contributed by atoms with E-state index in [-0.39, 0.29) is 11.5 Å². The van der Waals surface area contributed by atoms with Crippen LogP contribution in [0.1, 0.15) is 5.56 Å². The second kappa shape index (κ2) is 5.67. The van der Waals surface area contributed by atoms with Gasteiger partial charge < -0.3 is 10.6 Å². The maximum atomic E-state index is 11.0. The molecule has 0 aliphatic carbocycles. The van der Waals surface area contributed by atoms with E-state index in [1.807, 2.05) is 6.07 Å². The second-order valence-electron chi connectivity index (χ2n) is 3.85. The van der Waals surface area contributed by atoms with Gasteiger partial charge >= 0.3 is 5.69 Å². The molecule has 0 unspecified atom stereocenters. The Morgan fingerprint density at radius 3 is 2.70 bits per heavy atom. The fourth-order valence-electron chi connectivity index (χ4n) is 1.65. The van der Waals surface area contributed by atoms with Crippen LogP contribution in [-0.4, -0.2) is 17.0 Å². The van der Waals surface area contributed by atoms with Crippen molar-refractivity contribution < 1.29 is 4.92 Å². The molecular weight excluding hydrogens is 258 g/mol. The summed E-state index contributed by atoms with van der Waals surface area (Å²) in [4.78, 5) is 14.6. The van der Waals surface area contributed by atoms with E-state index in [1.165, 1.54) is 12.1 Å². The van der Waals surface area contributed by atoms with Crippen LogP contribution in [0.3, 0.4) is 0 Å². The van der Waals surface area contributed by atoms with Gasteiger partial charge in [0.1, 0.15) is 11.9 Å². The second-order valence-corrected chi connectivity index (χ2v) is 3.85. The zero-order valence-electron chi connectivity index (χ0n) is 10.6. The van der Waals surface area contributed by atoms with E-state index in [9.17, 15) is 10.1 Å². The van der Waals surface area contributed by atoms with E-state index in [2.05, 4.69) is 15.6 Å². The Kier molecular flexibility index (Phi) is 3.77. The molecule has 100 valence electrons. The van der Waals surface area contributed by atoms with E-state index in [0.29, 0.717) is 17.1 Å². The normalized spacial score (nSPS) is 9.60. The number of anilines is 3. The number of nitrogens with zero attached hydrogens (tertiary/aromatic N) is 3. The summed E-state index contributed by atoms with van der Waals surface area (Å²) in [6.45, 7) is 0. The number of benzene rings is 1. The fourth-order valence-corrected chi connectivity index (χ4v) is 1.65. The van der Waals surface area contributed by atoms with Gasteiger partial charge in [0.25, 0.3) is 0 Å². The lowest BCUT2D eigenvalue weighted by atomic mass is 10.2. The molecule has 20 heavy (non-hydrogen) atoms. The summed E-state index contributed by atoms with van der Waals surface area (Å²) in [5.41, 5.74) is 0.703. The highest BCUT2D eigenvalue weighted by Gasteiger charge is 2.17. The van der Waals surface area contributed by atoms with Gasteiger partial charge in [-0.05, 0) is 18.2 Å². The fraction of sp³-hybridized carbons (Fsp3) is 0.0769. The molecule has 2 rings (SSSR count). The van der Waals surface area contributed by atoms with Crippen molar-refractivity contribution in [1.29, 1.82) is 5.26 Å². The van der Waals surface area contributed by atoms with Crippen molar-refractivity contribution in [3.63, 3.8) is 0 Å². The first-order valence-electron chi connectivity index (χ1n) is 5.75. The minimum absolute atomic E-state index is 0.0875. The Balaban J connectivity index is 2.46. The largest absolute Gasteiger partial charge is 0.373 e. The van der Waals surface area contributed by atoms with Crippen molar-refractivity contribution in [2.75, 3.05) is 17.7 Å². The number of aromatic nitrogens is 1. The number of rotatable bonds is 4. The van der Waals surface area contributed by atoms with Crippen LogP contribution in [0, 0.1) is 21.4 Å². The van der Waals surface area contributed by atoms with Crippen LogP contribution in [0.2, 0.25) is 0 Å². The molecular formula is C13H11N5O2. The molecule has 0 saturated carbocycles. The van der Waals surface area contributed by atoms with Crippen molar-refractivity contribution in [3.8, 4) is 6.07 Å². The standard InChI is InChI=1S/C13H11N5O2/c1-15-12-7-6-11(18(19)20)13(17-12)16-10-5-3-2-4-9(10)8-14/h2-7H,1H3,(H2,15,16,17). The maximum absolute atomic E-state index is 11.0.